The maximum atomic E-state index is 10.4. The lowest BCUT2D eigenvalue weighted by molar-refractivity contribution is -0.384. The molecule has 8 heteroatoms. The van der Waals surface area contributed by atoms with Crippen molar-refractivity contribution in [1.82, 2.24) is 0 Å². The van der Waals surface area contributed by atoms with E-state index >= 15 is 0 Å². The lowest BCUT2D eigenvalue weighted by Crippen LogP contribution is -2.00. The molecule has 19 heavy (non-hydrogen) atoms. The summed E-state index contributed by atoms with van der Waals surface area (Å²) in [7, 11) is 0. The molecule has 0 saturated heterocycles. The van der Waals surface area contributed by atoms with Crippen LogP contribution in [0.5, 0.6) is 0 Å². The van der Waals surface area contributed by atoms with Crippen LogP contribution < -0.4 is 11.1 Å². The van der Waals surface area contributed by atoms with Gasteiger partial charge in [-0.3, -0.25) is 10.1 Å². The molecule has 1 aromatic carbocycles. The molecule has 0 amide bonds. The Kier molecular flexibility index (Phi) is 4.59. The topological polar surface area (TPSA) is 141 Å². The minimum atomic E-state index is -0.512. The Morgan fingerprint density at radius 1 is 1.37 bits per heavy atom. The standard InChI is InChI=1S/C11H8N6O2/c12-5-10(14)11(6-13)16-7-15-8-1-3-9(4-2-8)17(18)19/h1-4,7H,14H2,(H,15,16)/b11-10-. The van der Waals surface area contributed by atoms with Crippen LogP contribution in [0, 0.1) is 32.8 Å². The maximum Gasteiger partial charge on any atom is 0.269 e. The largest absolute Gasteiger partial charge is 0.388 e. The number of nitrogens with zero attached hydrogens (tertiary/aromatic N) is 4. The molecular formula is C11H8N6O2. The molecule has 0 saturated carbocycles. The molecule has 0 aliphatic carbocycles. The van der Waals surface area contributed by atoms with E-state index in [-0.39, 0.29) is 17.1 Å². The third-order valence-corrected chi connectivity index (χ3v) is 1.98. The quantitative estimate of drug-likeness (QED) is 0.273. The van der Waals surface area contributed by atoms with Crippen LogP contribution in [0.1, 0.15) is 0 Å². The van der Waals surface area contributed by atoms with Crippen LogP contribution in [0.3, 0.4) is 0 Å². The van der Waals surface area contributed by atoms with Crippen molar-refractivity contribution >= 4 is 17.7 Å². The third kappa shape index (κ3) is 3.84. The van der Waals surface area contributed by atoms with Crippen molar-refractivity contribution in [2.75, 3.05) is 5.32 Å². The summed E-state index contributed by atoms with van der Waals surface area (Å²) < 4.78 is 0. The van der Waals surface area contributed by atoms with Crippen molar-refractivity contribution in [3.8, 4) is 12.1 Å². The third-order valence-electron chi connectivity index (χ3n) is 1.98. The molecule has 0 spiro atoms. The predicted molar refractivity (Wildman–Crippen MR) is 67.7 cm³/mol. The minimum absolute atomic E-state index is 0.0335. The summed E-state index contributed by atoms with van der Waals surface area (Å²) in [6.45, 7) is 0. The zero-order valence-electron chi connectivity index (χ0n) is 9.57. The first-order valence-electron chi connectivity index (χ1n) is 4.92. The van der Waals surface area contributed by atoms with Gasteiger partial charge in [0.05, 0.1) is 11.3 Å². The Morgan fingerprint density at radius 2 is 2.00 bits per heavy atom. The summed E-state index contributed by atoms with van der Waals surface area (Å²) in [5.74, 6) is 0. The van der Waals surface area contributed by atoms with Gasteiger partial charge >= 0.3 is 0 Å². The first kappa shape index (κ1) is 13.7. The van der Waals surface area contributed by atoms with Crippen LogP contribution in [0.15, 0.2) is 40.7 Å². The number of non-ortho nitro benzene ring substituents is 1. The fraction of sp³-hybridized carbons (Fsp3) is 0. The molecule has 0 heterocycles. The van der Waals surface area contributed by atoms with E-state index in [9.17, 15) is 10.1 Å². The highest BCUT2D eigenvalue weighted by molar-refractivity contribution is 5.77. The molecule has 0 atom stereocenters. The van der Waals surface area contributed by atoms with Crippen molar-refractivity contribution in [3.05, 3.63) is 45.8 Å². The molecule has 0 unspecified atom stereocenters. The lowest BCUT2D eigenvalue weighted by atomic mass is 10.3. The molecule has 0 bridgehead atoms. The highest BCUT2D eigenvalue weighted by Crippen LogP contribution is 2.14. The van der Waals surface area contributed by atoms with Gasteiger partial charge in [0.25, 0.3) is 5.69 Å². The average Bonchev–Trinajstić information content (AvgIpc) is 2.43. The van der Waals surface area contributed by atoms with Crippen LogP contribution in [-0.2, 0) is 0 Å². The van der Waals surface area contributed by atoms with E-state index in [0.717, 1.165) is 0 Å². The van der Waals surface area contributed by atoms with Gasteiger partial charge in [-0.1, -0.05) is 0 Å². The Balaban J connectivity index is 2.75. The Bertz CT molecular complexity index is 618. The van der Waals surface area contributed by atoms with Crippen molar-refractivity contribution in [2.45, 2.75) is 0 Å². The number of nitro benzene ring substituents is 1. The number of nitriles is 2. The summed E-state index contributed by atoms with van der Waals surface area (Å²) in [4.78, 5) is 13.6. The number of hydrogen-bond acceptors (Lipinski definition) is 6. The van der Waals surface area contributed by atoms with E-state index in [1.54, 1.807) is 12.1 Å². The van der Waals surface area contributed by atoms with Crippen LogP contribution in [0.2, 0.25) is 0 Å². The summed E-state index contributed by atoms with van der Waals surface area (Å²) in [5, 5.41) is 30.3. The summed E-state index contributed by atoms with van der Waals surface area (Å²) >= 11 is 0. The van der Waals surface area contributed by atoms with E-state index in [1.807, 2.05) is 0 Å². The number of anilines is 1. The molecule has 0 aromatic heterocycles. The number of allylic oxidation sites excluding steroid dienone is 2. The minimum Gasteiger partial charge on any atom is -0.388 e. The van der Waals surface area contributed by atoms with E-state index < -0.39 is 4.92 Å². The molecule has 0 aliphatic rings. The Labute approximate surface area is 108 Å². The zero-order chi connectivity index (χ0) is 14.3. The highest BCUT2D eigenvalue weighted by Gasteiger charge is 2.03. The van der Waals surface area contributed by atoms with Crippen LogP contribution in [0.25, 0.3) is 0 Å². The molecule has 3 N–H and O–H groups in total. The van der Waals surface area contributed by atoms with Gasteiger partial charge in [-0.2, -0.15) is 10.5 Å². The lowest BCUT2D eigenvalue weighted by Gasteiger charge is -1.99. The van der Waals surface area contributed by atoms with Crippen molar-refractivity contribution in [2.24, 2.45) is 10.7 Å². The average molecular weight is 256 g/mol. The second kappa shape index (κ2) is 6.37. The maximum absolute atomic E-state index is 10.4. The van der Waals surface area contributed by atoms with E-state index in [4.69, 9.17) is 16.3 Å². The van der Waals surface area contributed by atoms with Crippen molar-refractivity contribution in [3.63, 3.8) is 0 Å². The Morgan fingerprint density at radius 3 is 2.47 bits per heavy atom. The highest BCUT2D eigenvalue weighted by atomic mass is 16.6. The SMILES string of the molecule is N#C/C(N)=C(\C#N)N=CNc1ccc([N+](=O)[O-])cc1. The number of nitrogens with two attached hydrogens (primary N) is 1. The van der Waals surface area contributed by atoms with Crippen LogP contribution >= 0.6 is 0 Å². The normalized spacial score (nSPS) is 11.3. The molecule has 0 fully saturated rings. The molecule has 0 aliphatic heterocycles. The van der Waals surface area contributed by atoms with Gasteiger partial charge in [-0.25, -0.2) is 4.99 Å². The molecule has 8 nitrogen and oxygen atoms in total. The number of rotatable bonds is 4. The molecule has 1 rings (SSSR count). The summed E-state index contributed by atoms with van der Waals surface area (Å²) in [6, 6.07) is 8.87. The molecule has 1 aromatic rings. The monoisotopic (exact) mass is 256 g/mol. The van der Waals surface area contributed by atoms with Gasteiger partial charge in [0.2, 0.25) is 0 Å². The van der Waals surface area contributed by atoms with E-state index in [0.29, 0.717) is 5.69 Å². The van der Waals surface area contributed by atoms with E-state index in [1.165, 1.54) is 30.6 Å². The summed E-state index contributed by atoms with van der Waals surface area (Å²) in [6.07, 6.45) is 1.17. The fourth-order valence-electron chi connectivity index (χ4n) is 1.06. The van der Waals surface area contributed by atoms with Crippen LogP contribution in [0.4, 0.5) is 11.4 Å². The molecule has 94 valence electrons. The number of nitrogens with one attached hydrogen (secondary N) is 1. The first-order chi connectivity index (χ1) is 9.08. The van der Waals surface area contributed by atoms with Crippen molar-refractivity contribution < 1.29 is 4.92 Å². The van der Waals surface area contributed by atoms with Crippen LogP contribution in [-0.4, -0.2) is 11.3 Å². The van der Waals surface area contributed by atoms with E-state index in [2.05, 4.69) is 10.3 Å². The fourth-order valence-corrected chi connectivity index (χ4v) is 1.06. The Hall–Kier alpha value is -3.39. The predicted octanol–water partition coefficient (Wildman–Crippen LogP) is 1.25. The van der Waals surface area contributed by atoms with Gasteiger partial charge in [0.1, 0.15) is 17.8 Å². The molecule has 0 radical (unpaired) electrons. The summed E-state index contributed by atoms with van der Waals surface area (Å²) in [5.41, 5.74) is 5.25. The van der Waals surface area contributed by atoms with Gasteiger partial charge in [0, 0.05) is 17.8 Å². The second-order valence-corrected chi connectivity index (χ2v) is 3.19. The smallest absolute Gasteiger partial charge is 0.269 e. The van der Waals surface area contributed by atoms with Gasteiger partial charge in [-0.15, -0.1) is 0 Å². The first-order valence-corrected chi connectivity index (χ1v) is 4.92. The van der Waals surface area contributed by atoms with Gasteiger partial charge in [0.15, 0.2) is 5.70 Å². The van der Waals surface area contributed by atoms with Gasteiger partial charge < -0.3 is 11.1 Å². The van der Waals surface area contributed by atoms with Gasteiger partial charge in [-0.05, 0) is 12.1 Å². The number of nitro groups is 1. The second-order valence-electron chi connectivity index (χ2n) is 3.19. The molecular weight excluding hydrogens is 248 g/mol. The number of benzene rings is 1. The number of hydrogen-bond donors (Lipinski definition) is 2. The number of aliphatic imine (C=N–C) groups is 1. The van der Waals surface area contributed by atoms with Crippen molar-refractivity contribution in [1.29, 1.82) is 10.5 Å². The zero-order valence-corrected chi connectivity index (χ0v) is 9.57.